The molecule has 7 rings (SSSR count). The first-order valence-electron chi connectivity index (χ1n) is 17.1. The Hall–Kier alpha value is -4.31. The minimum Gasteiger partial charge on any atom is -0.874 e. The molecule has 1 unspecified atom stereocenters. The number of allylic oxidation sites excluding steroid dienone is 5. The van der Waals surface area contributed by atoms with Crippen LogP contribution in [0.4, 0.5) is 11.4 Å². The third kappa shape index (κ3) is 4.44. The van der Waals surface area contributed by atoms with Crippen molar-refractivity contribution in [3.63, 3.8) is 0 Å². The van der Waals surface area contributed by atoms with Gasteiger partial charge in [-0.2, -0.15) is 0 Å². The predicted molar refractivity (Wildman–Crippen MR) is 190 cm³/mol. The van der Waals surface area contributed by atoms with E-state index in [-0.39, 0.29) is 22.4 Å². The third-order valence-corrected chi connectivity index (χ3v) is 10.7. The molecule has 0 N–H and O–H groups in total. The zero-order chi connectivity index (χ0) is 32.4. The number of nitrogens with zero attached hydrogens (tertiary/aromatic N) is 2. The van der Waals surface area contributed by atoms with Gasteiger partial charge in [-0.15, -0.1) is 5.76 Å². The Morgan fingerprint density at radius 1 is 0.696 bits per heavy atom. The summed E-state index contributed by atoms with van der Waals surface area (Å²) in [5.41, 5.74) is 6.68. The SMILES string of the molecule is CCCCN1/C(=C\C2C(=O)C(/C=C3/N(CCCC)c4ccc5ccccc5c4C3(C)C)=C2[O-])C(C)(C)c2c1ccc1ccccc21. The second-order valence-corrected chi connectivity index (χ2v) is 14.3. The molecule has 0 saturated carbocycles. The molecule has 2 aliphatic heterocycles. The van der Waals surface area contributed by atoms with Crippen LogP contribution in [0.15, 0.2) is 108 Å². The van der Waals surface area contributed by atoms with Crippen molar-refractivity contribution in [1.82, 2.24) is 0 Å². The van der Waals surface area contributed by atoms with Crippen molar-refractivity contribution < 1.29 is 9.90 Å². The van der Waals surface area contributed by atoms with Crippen LogP contribution in [0.3, 0.4) is 0 Å². The first kappa shape index (κ1) is 30.3. The highest BCUT2D eigenvalue weighted by atomic mass is 16.3. The van der Waals surface area contributed by atoms with E-state index in [1.165, 1.54) is 44.0 Å². The lowest BCUT2D eigenvalue weighted by Crippen LogP contribution is -2.39. The quantitative estimate of drug-likeness (QED) is 0.200. The fraction of sp³-hybridized carbons (Fsp3) is 0.357. The molecule has 0 spiro atoms. The van der Waals surface area contributed by atoms with E-state index >= 15 is 0 Å². The molecule has 1 aliphatic carbocycles. The molecule has 0 saturated heterocycles. The zero-order valence-corrected chi connectivity index (χ0v) is 28.1. The molecule has 4 aromatic carbocycles. The van der Waals surface area contributed by atoms with Crippen LogP contribution in [0.2, 0.25) is 0 Å². The Labute approximate surface area is 273 Å². The van der Waals surface area contributed by atoms with Crippen LogP contribution >= 0.6 is 0 Å². The topological polar surface area (TPSA) is 46.6 Å². The summed E-state index contributed by atoms with van der Waals surface area (Å²) in [6.45, 7) is 15.1. The minimum atomic E-state index is -0.748. The number of ketones is 1. The molecule has 3 aliphatic rings. The molecular formula is C42H45N2O2-. The number of unbranched alkanes of at least 4 members (excludes halogenated alkanes) is 2. The van der Waals surface area contributed by atoms with Crippen LogP contribution in [0, 0.1) is 5.92 Å². The number of Topliss-reactive ketones (excluding diaryl/α,β-unsaturated/α-hetero) is 1. The number of carbonyl (C=O) groups excluding carboxylic acids is 1. The van der Waals surface area contributed by atoms with E-state index in [2.05, 4.69) is 124 Å². The number of carbonyl (C=O) groups is 1. The summed E-state index contributed by atoms with van der Waals surface area (Å²) in [5.74, 6) is -0.879. The summed E-state index contributed by atoms with van der Waals surface area (Å²) in [7, 11) is 0. The standard InChI is InChI=1S/C42H46N2O2/c1-7-9-23-43-33-21-19-27-15-11-13-17-29(27)37(33)41(3,4)35(43)25-31-39(45)32(40(31)46)26-36-42(5,6)38-30-18-14-12-16-28(30)20-22-34(38)44(36)24-10-8-2/h11-22,25-26,31,45H,7-10,23-24H2,1-6H3/p-1/b35-25-,36-26+. The molecule has 0 radical (unpaired) electrons. The molecule has 236 valence electrons. The lowest BCUT2D eigenvalue weighted by atomic mass is 9.75. The molecule has 2 heterocycles. The maximum atomic E-state index is 14.0. The fourth-order valence-electron chi connectivity index (χ4n) is 8.23. The van der Waals surface area contributed by atoms with Gasteiger partial charge in [0.05, 0.1) is 5.92 Å². The summed E-state index contributed by atoms with van der Waals surface area (Å²) >= 11 is 0. The van der Waals surface area contributed by atoms with Crippen molar-refractivity contribution >= 4 is 38.7 Å². The summed E-state index contributed by atoms with van der Waals surface area (Å²) in [6.07, 6.45) is 8.13. The largest absolute Gasteiger partial charge is 0.874 e. The molecule has 0 amide bonds. The van der Waals surface area contributed by atoms with Gasteiger partial charge in [-0.3, -0.25) is 4.79 Å². The Morgan fingerprint density at radius 3 is 1.67 bits per heavy atom. The minimum absolute atomic E-state index is 0.0656. The lowest BCUT2D eigenvalue weighted by Gasteiger charge is -2.37. The van der Waals surface area contributed by atoms with Crippen LogP contribution in [-0.4, -0.2) is 18.9 Å². The van der Waals surface area contributed by atoms with E-state index in [1.54, 1.807) is 0 Å². The van der Waals surface area contributed by atoms with Crippen molar-refractivity contribution in [2.75, 3.05) is 22.9 Å². The third-order valence-electron chi connectivity index (χ3n) is 10.7. The number of anilines is 2. The maximum Gasteiger partial charge on any atom is 0.172 e. The summed E-state index contributed by atoms with van der Waals surface area (Å²) < 4.78 is 0. The van der Waals surface area contributed by atoms with Crippen LogP contribution < -0.4 is 14.9 Å². The van der Waals surface area contributed by atoms with Crippen molar-refractivity contribution in [3.8, 4) is 0 Å². The van der Waals surface area contributed by atoms with Gasteiger partial charge in [0, 0.05) is 52.3 Å². The molecule has 1 atom stereocenters. The van der Waals surface area contributed by atoms with Gasteiger partial charge in [0.2, 0.25) is 0 Å². The molecule has 4 heteroatoms. The van der Waals surface area contributed by atoms with Gasteiger partial charge >= 0.3 is 0 Å². The predicted octanol–water partition coefficient (Wildman–Crippen LogP) is 9.07. The summed E-state index contributed by atoms with van der Waals surface area (Å²) in [5, 5.41) is 18.9. The van der Waals surface area contributed by atoms with Gasteiger partial charge in [-0.1, -0.05) is 115 Å². The van der Waals surface area contributed by atoms with Crippen molar-refractivity contribution in [3.05, 3.63) is 119 Å². The maximum absolute atomic E-state index is 14.0. The van der Waals surface area contributed by atoms with Gasteiger partial charge in [0.15, 0.2) is 5.78 Å². The molecule has 4 nitrogen and oxygen atoms in total. The number of fused-ring (bicyclic) bond motifs is 6. The van der Waals surface area contributed by atoms with Gasteiger partial charge in [0.25, 0.3) is 0 Å². The first-order valence-corrected chi connectivity index (χ1v) is 17.1. The van der Waals surface area contributed by atoms with Crippen molar-refractivity contribution in [1.29, 1.82) is 0 Å². The molecule has 0 aromatic heterocycles. The second kappa shape index (κ2) is 11.2. The van der Waals surface area contributed by atoms with Gasteiger partial charge in [-0.25, -0.2) is 0 Å². The molecule has 46 heavy (non-hydrogen) atoms. The zero-order valence-electron chi connectivity index (χ0n) is 28.1. The number of benzene rings is 4. The van der Waals surface area contributed by atoms with Crippen LogP contribution in [-0.2, 0) is 15.6 Å². The van der Waals surface area contributed by atoms with E-state index in [0.29, 0.717) is 5.57 Å². The first-order chi connectivity index (χ1) is 22.1. The number of hydrogen-bond donors (Lipinski definition) is 0. The Bertz CT molecular complexity index is 1970. The second-order valence-electron chi connectivity index (χ2n) is 14.3. The van der Waals surface area contributed by atoms with Gasteiger partial charge in [0.1, 0.15) is 0 Å². The normalized spacial score (nSPS) is 21.5. The number of rotatable bonds is 8. The smallest absolute Gasteiger partial charge is 0.172 e. The Balaban J connectivity index is 1.31. The van der Waals surface area contributed by atoms with E-state index < -0.39 is 5.92 Å². The highest BCUT2D eigenvalue weighted by Gasteiger charge is 2.45. The van der Waals surface area contributed by atoms with Crippen molar-refractivity contribution in [2.24, 2.45) is 5.92 Å². The van der Waals surface area contributed by atoms with Gasteiger partial charge < -0.3 is 14.9 Å². The molecular weight excluding hydrogens is 564 g/mol. The Morgan fingerprint density at radius 2 is 1.17 bits per heavy atom. The van der Waals surface area contributed by atoms with Crippen molar-refractivity contribution in [2.45, 2.75) is 78.1 Å². The fourth-order valence-corrected chi connectivity index (χ4v) is 8.23. The van der Waals surface area contributed by atoms with E-state index in [4.69, 9.17) is 0 Å². The summed E-state index contributed by atoms with van der Waals surface area (Å²) in [6, 6.07) is 25.9. The van der Waals surface area contributed by atoms with Crippen LogP contribution in [0.1, 0.15) is 78.4 Å². The summed E-state index contributed by atoms with van der Waals surface area (Å²) in [4.78, 5) is 18.7. The highest BCUT2D eigenvalue weighted by molar-refractivity contribution is 6.10. The van der Waals surface area contributed by atoms with Crippen LogP contribution in [0.25, 0.3) is 21.5 Å². The van der Waals surface area contributed by atoms with Crippen LogP contribution in [0.5, 0.6) is 0 Å². The average molecular weight is 610 g/mol. The monoisotopic (exact) mass is 609 g/mol. The van der Waals surface area contributed by atoms with Gasteiger partial charge in [-0.05, 0) is 69.8 Å². The van der Waals surface area contributed by atoms with E-state index in [1.807, 2.05) is 12.2 Å². The lowest BCUT2D eigenvalue weighted by molar-refractivity contribution is -0.315. The van der Waals surface area contributed by atoms with E-state index in [9.17, 15) is 9.90 Å². The molecule has 4 aromatic rings. The number of hydrogen-bond acceptors (Lipinski definition) is 4. The highest BCUT2D eigenvalue weighted by Crippen LogP contribution is 2.54. The Kier molecular flexibility index (Phi) is 7.38. The average Bonchev–Trinajstić information content (AvgIpc) is 3.41. The molecule has 0 bridgehead atoms. The molecule has 0 fully saturated rings. The van der Waals surface area contributed by atoms with E-state index in [0.717, 1.165) is 50.2 Å².